The monoisotopic (exact) mass is 213 g/mol. The molecule has 0 aliphatic carbocycles. The van der Waals surface area contributed by atoms with Crippen LogP contribution in [0.4, 0.5) is 0 Å². The number of aliphatic hydroxyl groups excluding tert-OH is 1. The second-order valence-electron chi connectivity index (χ2n) is 2.91. The van der Waals surface area contributed by atoms with Gasteiger partial charge in [-0.2, -0.15) is 0 Å². The van der Waals surface area contributed by atoms with E-state index < -0.39 is 5.97 Å². The van der Waals surface area contributed by atoms with Crippen LogP contribution in [0, 0.1) is 0 Å². The minimum absolute atomic E-state index is 0.0645. The number of hydrogen-bond donors (Lipinski definition) is 2. The van der Waals surface area contributed by atoms with Gasteiger partial charge in [-0.15, -0.1) is 0 Å². The number of hydrogen-bond acceptors (Lipinski definition) is 4. The highest BCUT2D eigenvalue weighted by atomic mass is 32.2. The zero-order valence-electron chi connectivity index (χ0n) is 7.01. The second-order valence-corrected chi connectivity index (χ2v) is 4.16. The molecule has 1 fully saturated rings. The Morgan fingerprint density at radius 2 is 2.43 bits per heavy atom. The highest BCUT2D eigenvalue weighted by Gasteiger charge is 2.44. The van der Waals surface area contributed by atoms with Crippen molar-refractivity contribution in [3.8, 4) is 0 Å². The smallest absolute Gasteiger partial charge is 0.352 e. The van der Waals surface area contributed by atoms with Gasteiger partial charge in [0.15, 0.2) is 0 Å². The molecule has 2 heterocycles. The molecule has 2 N–H and O–H groups in total. The molecular formula is C8H7NO4S. The third-order valence-electron chi connectivity index (χ3n) is 2.06. The standard InChI is InChI=1S/C8H7NO4S/c10-3-4-1-5(8(12)13)9-6(11)2-7(9)14-4/h1,3,7,10H,2H2,(H,12,13)/b4-3-/t7-/m1/s1. The van der Waals surface area contributed by atoms with Crippen molar-refractivity contribution in [1.29, 1.82) is 0 Å². The first kappa shape index (κ1) is 9.14. The number of fused-ring (bicyclic) bond motifs is 1. The summed E-state index contributed by atoms with van der Waals surface area (Å²) in [6.07, 6.45) is 2.47. The van der Waals surface area contributed by atoms with E-state index in [1.807, 2.05) is 0 Å². The number of amides is 1. The van der Waals surface area contributed by atoms with E-state index in [1.165, 1.54) is 22.7 Å². The fourth-order valence-electron chi connectivity index (χ4n) is 1.40. The van der Waals surface area contributed by atoms with Gasteiger partial charge in [-0.1, -0.05) is 11.8 Å². The van der Waals surface area contributed by atoms with Crippen molar-refractivity contribution >= 4 is 23.6 Å². The van der Waals surface area contributed by atoms with Gasteiger partial charge < -0.3 is 10.2 Å². The van der Waals surface area contributed by atoms with E-state index in [-0.39, 0.29) is 17.0 Å². The number of carbonyl (C=O) groups is 2. The molecule has 14 heavy (non-hydrogen) atoms. The molecule has 2 aliphatic rings. The summed E-state index contributed by atoms with van der Waals surface area (Å²) < 4.78 is 0. The molecule has 0 spiro atoms. The zero-order valence-corrected chi connectivity index (χ0v) is 7.82. The lowest BCUT2D eigenvalue weighted by atomic mass is 10.1. The van der Waals surface area contributed by atoms with Gasteiger partial charge in [-0.05, 0) is 6.08 Å². The van der Waals surface area contributed by atoms with Crippen molar-refractivity contribution in [1.82, 2.24) is 4.90 Å². The molecule has 74 valence electrons. The predicted octanol–water partition coefficient (Wildman–Crippen LogP) is 0.660. The third-order valence-corrected chi connectivity index (χ3v) is 3.21. The van der Waals surface area contributed by atoms with E-state index >= 15 is 0 Å². The SMILES string of the molecule is O=C(O)C1=C/C(=C/O)S[C@@H]2CC(=O)N12. The minimum Gasteiger partial charge on any atom is -0.514 e. The lowest BCUT2D eigenvalue weighted by Crippen LogP contribution is -2.52. The maximum absolute atomic E-state index is 11.1. The number of allylic oxidation sites excluding steroid dienone is 1. The molecule has 0 saturated carbocycles. The molecule has 0 aromatic carbocycles. The van der Waals surface area contributed by atoms with Crippen molar-refractivity contribution < 1.29 is 19.8 Å². The summed E-state index contributed by atoms with van der Waals surface area (Å²) in [7, 11) is 0. The second kappa shape index (κ2) is 3.06. The largest absolute Gasteiger partial charge is 0.514 e. The van der Waals surface area contributed by atoms with E-state index in [0.717, 1.165) is 6.26 Å². The van der Waals surface area contributed by atoms with E-state index in [0.29, 0.717) is 11.3 Å². The Morgan fingerprint density at radius 3 is 2.93 bits per heavy atom. The first-order chi connectivity index (χ1) is 6.63. The fraction of sp³-hybridized carbons (Fsp3) is 0.250. The average Bonchev–Trinajstić information content (AvgIpc) is 2.14. The normalized spacial score (nSPS) is 28.1. The molecule has 1 atom stereocenters. The first-order valence-corrected chi connectivity index (χ1v) is 4.79. The van der Waals surface area contributed by atoms with Crippen LogP contribution in [0.3, 0.4) is 0 Å². The van der Waals surface area contributed by atoms with Crippen LogP contribution in [-0.2, 0) is 9.59 Å². The number of nitrogens with zero attached hydrogens (tertiary/aromatic N) is 1. The van der Waals surface area contributed by atoms with Crippen LogP contribution in [-0.4, -0.2) is 32.4 Å². The molecule has 5 nitrogen and oxygen atoms in total. The van der Waals surface area contributed by atoms with Crippen molar-refractivity contribution in [2.75, 3.05) is 0 Å². The number of thioether (sulfide) groups is 1. The van der Waals surface area contributed by atoms with E-state index in [9.17, 15) is 9.59 Å². The Labute approximate surface area is 83.7 Å². The van der Waals surface area contributed by atoms with Gasteiger partial charge in [0.1, 0.15) is 5.70 Å². The summed E-state index contributed by atoms with van der Waals surface area (Å²) >= 11 is 1.28. The molecule has 6 heteroatoms. The molecule has 2 rings (SSSR count). The van der Waals surface area contributed by atoms with Crippen molar-refractivity contribution in [2.45, 2.75) is 11.8 Å². The van der Waals surface area contributed by atoms with Gasteiger partial charge >= 0.3 is 5.97 Å². The van der Waals surface area contributed by atoms with E-state index in [2.05, 4.69) is 0 Å². The highest BCUT2D eigenvalue weighted by Crippen LogP contribution is 2.42. The van der Waals surface area contributed by atoms with Gasteiger partial charge in [0.2, 0.25) is 5.91 Å². The number of carbonyl (C=O) groups excluding carboxylic acids is 1. The summed E-state index contributed by atoms with van der Waals surface area (Å²) in [5.41, 5.74) is -0.0645. The first-order valence-electron chi connectivity index (χ1n) is 3.91. The summed E-state index contributed by atoms with van der Waals surface area (Å²) in [6.45, 7) is 0. The molecule has 1 amide bonds. The fourth-order valence-corrected chi connectivity index (χ4v) is 2.52. The maximum atomic E-state index is 11.1. The molecule has 0 aromatic rings. The quantitative estimate of drug-likeness (QED) is 0.494. The minimum atomic E-state index is -1.15. The van der Waals surface area contributed by atoms with E-state index in [4.69, 9.17) is 10.2 Å². The van der Waals surface area contributed by atoms with Crippen molar-refractivity contribution in [3.63, 3.8) is 0 Å². The Balaban J connectivity index is 2.37. The van der Waals surface area contributed by atoms with Crippen LogP contribution >= 0.6 is 11.8 Å². The molecule has 0 bridgehead atoms. The van der Waals surface area contributed by atoms with Crippen LogP contribution < -0.4 is 0 Å². The number of rotatable bonds is 1. The van der Waals surface area contributed by atoms with Crippen LogP contribution in [0.15, 0.2) is 22.9 Å². The molecule has 0 radical (unpaired) electrons. The lowest BCUT2D eigenvalue weighted by molar-refractivity contribution is -0.145. The number of carboxylic acid groups (broad SMARTS) is 1. The van der Waals surface area contributed by atoms with Crippen LogP contribution in [0.25, 0.3) is 0 Å². The van der Waals surface area contributed by atoms with Gasteiger partial charge in [0.25, 0.3) is 0 Å². The molecule has 1 saturated heterocycles. The average molecular weight is 213 g/mol. The Bertz CT molecular complexity index is 374. The van der Waals surface area contributed by atoms with Crippen LogP contribution in [0.1, 0.15) is 6.42 Å². The van der Waals surface area contributed by atoms with E-state index in [1.54, 1.807) is 0 Å². The van der Waals surface area contributed by atoms with Crippen molar-refractivity contribution in [2.24, 2.45) is 0 Å². The zero-order chi connectivity index (χ0) is 10.3. The summed E-state index contributed by atoms with van der Waals surface area (Å²) in [5.74, 6) is -1.34. The van der Waals surface area contributed by atoms with Gasteiger partial charge in [-0.25, -0.2) is 4.79 Å². The highest BCUT2D eigenvalue weighted by molar-refractivity contribution is 8.04. The Morgan fingerprint density at radius 1 is 1.71 bits per heavy atom. The van der Waals surface area contributed by atoms with Crippen molar-refractivity contribution in [3.05, 3.63) is 22.9 Å². The molecule has 0 aromatic heterocycles. The lowest BCUT2D eigenvalue weighted by Gasteiger charge is -2.42. The number of aliphatic hydroxyl groups is 1. The van der Waals surface area contributed by atoms with Crippen LogP contribution in [0.2, 0.25) is 0 Å². The Hall–Kier alpha value is -1.43. The van der Waals surface area contributed by atoms with Gasteiger partial charge in [0, 0.05) is 4.91 Å². The summed E-state index contributed by atoms with van der Waals surface area (Å²) in [5, 5.41) is 17.4. The predicted molar refractivity (Wildman–Crippen MR) is 49.3 cm³/mol. The number of β-lactam (4-membered cyclic amide) rings is 1. The number of carboxylic acids is 1. The molecule has 2 aliphatic heterocycles. The topological polar surface area (TPSA) is 77.8 Å². The third kappa shape index (κ3) is 1.19. The maximum Gasteiger partial charge on any atom is 0.352 e. The van der Waals surface area contributed by atoms with Crippen LogP contribution in [0.5, 0.6) is 0 Å². The van der Waals surface area contributed by atoms with Gasteiger partial charge in [-0.3, -0.25) is 9.69 Å². The molecule has 0 unspecified atom stereocenters. The molecular weight excluding hydrogens is 206 g/mol. The number of aliphatic carboxylic acids is 1. The Kier molecular flexibility index (Phi) is 1.99. The van der Waals surface area contributed by atoms with Gasteiger partial charge in [0.05, 0.1) is 18.1 Å². The summed E-state index contributed by atoms with van der Waals surface area (Å²) in [6, 6.07) is 0. The summed E-state index contributed by atoms with van der Waals surface area (Å²) in [4.78, 5) is 23.6.